The summed E-state index contributed by atoms with van der Waals surface area (Å²) in [5.41, 5.74) is 0.523. The van der Waals surface area contributed by atoms with Crippen molar-refractivity contribution >= 4 is 33.0 Å². The van der Waals surface area contributed by atoms with Crippen molar-refractivity contribution in [2.45, 2.75) is 49.3 Å². The molecule has 2 atom stereocenters. The van der Waals surface area contributed by atoms with Crippen molar-refractivity contribution in [3.63, 3.8) is 0 Å². The van der Waals surface area contributed by atoms with Crippen molar-refractivity contribution in [1.29, 1.82) is 0 Å². The molecule has 3 rings (SSSR count). The van der Waals surface area contributed by atoms with Crippen LogP contribution in [0.15, 0.2) is 4.21 Å². The Labute approximate surface area is 122 Å². The van der Waals surface area contributed by atoms with Gasteiger partial charge in [-0.2, -0.15) is 4.31 Å². The van der Waals surface area contributed by atoms with E-state index in [0.717, 1.165) is 30.6 Å². The van der Waals surface area contributed by atoms with E-state index in [1.807, 2.05) is 0 Å². The van der Waals surface area contributed by atoms with Crippen molar-refractivity contribution in [2.24, 2.45) is 5.92 Å². The minimum atomic E-state index is -3.42. The Morgan fingerprint density at radius 3 is 2.74 bits per heavy atom. The largest absolute Gasteiger partial charge is 0.254 e. The molecule has 0 bridgehead atoms. The van der Waals surface area contributed by atoms with Crippen molar-refractivity contribution in [1.82, 2.24) is 9.29 Å². The molecular formula is C12H17ClN2O2S2. The molecule has 2 aliphatic rings. The minimum Gasteiger partial charge on any atom is -0.229 e. The number of fused-ring (bicyclic) bond motifs is 1. The Kier molecular flexibility index (Phi) is 3.62. The van der Waals surface area contributed by atoms with Gasteiger partial charge in [0.15, 0.2) is 8.68 Å². The van der Waals surface area contributed by atoms with Gasteiger partial charge in [-0.15, -0.1) is 0 Å². The summed E-state index contributed by atoms with van der Waals surface area (Å²) in [5, 5.41) is 0. The number of sulfonamides is 1. The average molecular weight is 321 g/mol. The van der Waals surface area contributed by atoms with Gasteiger partial charge in [0, 0.05) is 12.6 Å². The lowest BCUT2D eigenvalue weighted by Gasteiger charge is -2.36. The number of thiazole rings is 1. The summed E-state index contributed by atoms with van der Waals surface area (Å²) >= 11 is 6.92. The van der Waals surface area contributed by atoms with Crippen LogP contribution in [0.4, 0.5) is 0 Å². The highest BCUT2D eigenvalue weighted by molar-refractivity contribution is 7.91. The molecule has 0 aromatic carbocycles. The smallest absolute Gasteiger partial charge is 0.229 e. The highest BCUT2D eigenvalue weighted by atomic mass is 35.5. The van der Waals surface area contributed by atoms with E-state index in [2.05, 4.69) is 4.98 Å². The highest BCUT2D eigenvalue weighted by Crippen LogP contribution is 2.40. The number of aryl methyl sites for hydroxylation is 1. The Morgan fingerprint density at radius 1 is 1.32 bits per heavy atom. The second kappa shape index (κ2) is 4.98. The zero-order chi connectivity index (χ0) is 13.6. The molecule has 7 heteroatoms. The van der Waals surface area contributed by atoms with E-state index in [-0.39, 0.29) is 6.04 Å². The first-order valence-electron chi connectivity index (χ1n) is 6.65. The van der Waals surface area contributed by atoms with Crippen LogP contribution in [0, 0.1) is 12.8 Å². The third-order valence-corrected chi connectivity index (χ3v) is 7.99. The first kappa shape index (κ1) is 13.8. The fraction of sp³-hybridized carbons (Fsp3) is 0.750. The van der Waals surface area contributed by atoms with Crippen LogP contribution in [0.5, 0.6) is 0 Å². The number of piperidine rings is 1. The SMILES string of the molecule is Cc1nc(Cl)sc1S(=O)(=O)N1CCCC2CCCC21. The van der Waals surface area contributed by atoms with Crippen LogP contribution in [0.1, 0.15) is 37.8 Å². The van der Waals surface area contributed by atoms with Crippen LogP contribution in [0.25, 0.3) is 0 Å². The van der Waals surface area contributed by atoms with E-state index in [1.54, 1.807) is 11.2 Å². The fourth-order valence-corrected chi connectivity index (χ4v) is 7.01. The van der Waals surface area contributed by atoms with Crippen LogP contribution >= 0.6 is 22.9 Å². The van der Waals surface area contributed by atoms with Gasteiger partial charge in [0.25, 0.3) is 10.0 Å². The molecule has 0 radical (unpaired) electrons. The van der Waals surface area contributed by atoms with Crippen molar-refractivity contribution in [2.75, 3.05) is 6.54 Å². The Bertz CT molecular complexity index is 585. The van der Waals surface area contributed by atoms with Gasteiger partial charge in [0.1, 0.15) is 0 Å². The first-order valence-corrected chi connectivity index (χ1v) is 9.28. The van der Waals surface area contributed by atoms with E-state index < -0.39 is 10.0 Å². The van der Waals surface area contributed by atoms with Crippen LogP contribution in [0.2, 0.25) is 4.47 Å². The summed E-state index contributed by atoms with van der Waals surface area (Å²) in [4.78, 5) is 4.04. The molecule has 1 saturated carbocycles. The quantitative estimate of drug-likeness (QED) is 0.841. The molecule has 106 valence electrons. The number of aromatic nitrogens is 1. The standard InChI is InChI=1S/C12H17ClN2O2S2/c1-8-11(18-12(13)14-8)19(16,17)15-7-3-5-9-4-2-6-10(9)15/h9-10H,2-7H2,1H3. The molecule has 4 nitrogen and oxygen atoms in total. The molecule has 0 amide bonds. The van der Waals surface area contributed by atoms with Gasteiger partial charge in [-0.05, 0) is 38.5 Å². The Hall–Kier alpha value is -0.170. The lowest BCUT2D eigenvalue weighted by atomic mass is 9.94. The summed E-state index contributed by atoms with van der Waals surface area (Å²) in [6.45, 7) is 2.35. The number of hydrogen-bond donors (Lipinski definition) is 0. The molecule has 0 spiro atoms. The van der Waals surface area contributed by atoms with Crippen LogP contribution in [0.3, 0.4) is 0 Å². The molecule has 0 N–H and O–H groups in total. The fourth-order valence-electron chi connectivity index (χ4n) is 3.40. The summed E-state index contributed by atoms with van der Waals surface area (Å²) < 4.78 is 27.9. The molecule has 2 fully saturated rings. The topological polar surface area (TPSA) is 50.3 Å². The second-order valence-electron chi connectivity index (χ2n) is 5.36. The lowest BCUT2D eigenvalue weighted by molar-refractivity contribution is 0.202. The van der Waals surface area contributed by atoms with Crippen LogP contribution in [-0.4, -0.2) is 30.3 Å². The number of rotatable bonds is 2. The maximum atomic E-state index is 12.8. The number of nitrogens with zero attached hydrogens (tertiary/aromatic N) is 2. The summed E-state index contributed by atoms with van der Waals surface area (Å²) in [5.74, 6) is 0.548. The molecular weight excluding hydrogens is 304 g/mol. The van der Waals surface area contributed by atoms with E-state index in [1.165, 1.54) is 12.8 Å². The number of hydrogen-bond acceptors (Lipinski definition) is 4. The normalized spacial score (nSPS) is 28.5. The van der Waals surface area contributed by atoms with Gasteiger partial charge in [-0.1, -0.05) is 29.4 Å². The molecule has 1 saturated heterocycles. The molecule has 1 aliphatic heterocycles. The second-order valence-corrected chi connectivity index (χ2v) is 9.02. The highest BCUT2D eigenvalue weighted by Gasteiger charge is 2.42. The predicted molar refractivity (Wildman–Crippen MR) is 76.1 cm³/mol. The van der Waals surface area contributed by atoms with E-state index >= 15 is 0 Å². The lowest BCUT2D eigenvalue weighted by Crippen LogP contribution is -2.45. The monoisotopic (exact) mass is 320 g/mol. The third-order valence-electron chi connectivity index (χ3n) is 4.21. The van der Waals surface area contributed by atoms with Gasteiger partial charge in [-0.25, -0.2) is 13.4 Å². The average Bonchev–Trinajstić information content (AvgIpc) is 2.94. The Morgan fingerprint density at radius 2 is 2.05 bits per heavy atom. The van der Waals surface area contributed by atoms with Crippen LogP contribution in [-0.2, 0) is 10.0 Å². The van der Waals surface area contributed by atoms with Gasteiger partial charge >= 0.3 is 0 Å². The van der Waals surface area contributed by atoms with Crippen molar-refractivity contribution in [3.05, 3.63) is 10.2 Å². The molecule has 19 heavy (non-hydrogen) atoms. The van der Waals surface area contributed by atoms with Crippen LogP contribution < -0.4 is 0 Å². The molecule has 2 unspecified atom stereocenters. The van der Waals surface area contributed by atoms with E-state index in [4.69, 9.17) is 11.6 Å². The molecule has 1 aromatic heterocycles. The summed E-state index contributed by atoms with van der Waals surface area (Å²) in [7, 11) is -3.42. The molecule has 1 aliphatic carbocycles. The summed E-state index contributed by atoms with van der Waals surface area (Å²) in [6, 6.07) is 0.194. The first-order chi connectivity index (χ1) is 9.00. The van der Waals surface area contributed by atoms with Gasteiger partial charge in [-0.3, -0.25) is 0 Å². The third kappa shape index (κ3) is 2.33. The maximum absolute atomic E-state index is 12.8. The van der Waals surface area contributed by atoms with Crippen molar-refractivity contribution < 1.29 is 8.42 Å². The number of halogens is 1. The maximum Gasteiger partial charge on any atom is 0.254 e. The summed E-state index contributed by atoms with van der Waals surface area (Å²) in [6.07, 6.45) is 5.43. The van der Waals surface area contributed by atoms with Crippen molar-refractivity contribution in [3.8, 4) is 0 Å². The zero-order valence-corrected chi connectivity index (χ0v) is 13.2. The zero-order valence-electron chi connectivity index (χ0n) is 10.8. The van der Waals surface area contributed by atoms with E-state index in [0.29, 0.717) is 26.8 Å². The Balaban J connectivity index is 1.97. The minimum absolute atomic E-state index is 0.194. The van der Waals surface area contributed by atoms with Gasteiger partial charge in [0.2, 0.25) is 0 Å². The van der Waals surface area contributed by atoms with Gasteiger partial charge in [0.05, 0.1) is 5.69 Å². The van der Waals surface area contributed by atoms with E-state index in [9.17, 15) is 8.42 Å². The molecule has 1 aromatic rings. The molecule has 2 heterocycles. The predicted octanol–water partition coefficient (Wildman–Crippen LogP) is 3.06. The van der Waals surface area contributed by atoms with Gasteiger partial charge < -0.3 is 0 Å².